The molecule has 186 valence electrons. The minimum absolute atomic E-state index is 0.236. The fourth-order valence-electron chi connectivity index (χ4n) is 5.04. The Hall–Kier alpha value is -2.68. The van der Waals surface area contributed by atoms with Crippen LogP contribution in [0.1, 0.15) is 58.9 Å². The van der Waals surface area contributed by atoms with Crippen LogP contribution in [0.5, 0.6) is 0 Å². The second-order valence-corrected chi connectivity index (χ2v) is 10.7. The molecule has 2 aromatic heterocycles. The van der Waals surface area contributed by atoms with Crippen molar-refractivity contribution in [1.82, 2.24) is 14.9 Å². The second kappa shape index (κ2) is 9.41. The lowest BCUT2D eigenvalue weighted by Gasteiger charge is -2.36. The number of benzene rings is 1. The molecule has 1 amide bonds. The number of amides is 1. The summed E-state index contributed by atoms with van der Waals surface area (Å²) in [5.74, 6) is 2.29. The van der Waals surface area contributed by atoms with Crippen LogP contribution in [-0.2, 0) is 25.4 Å². The number of nitrogens with zero attached hydrogens (tertiary/aromatic N) is 4. The number of carbonyl (C=O) groups is 1. The minimum Gasteiger partial charge on any atom is -0.352 e. The van der Waals surface area contributed by atoms with Crippen molar-refractivity contribution in [2.24, 2.45) is 5.92 Å². The summed E-state index contributed by atoms with van der Waals surface area (Å²) >= 11 is 1.80. The SMILES string of the molecule is CCCc1nc(N2CCN(C(=O)c3ccc(C(F)(F)F)cc3)CC2)c2c3c(sc2n1)CC(C)CC3. The molecule has 1 aliphatic carbocycles. The second-order valence-electron chi connectivity index (χ2n) is 9.60. The number of piperazine rings is 1. The number of alkyl halides is 3. The zero-order valence-corrected chi connectivity index (χ0v) is 20.8. The van der Waals surface area contributed by atoms with Crippen LogP contribution in [0.4, 0.5) is 19.0 Å². The number of hydrogen-bond donors (Lipinski definition) is 0. The van der Waals surface area contributed by atoms with Crippen molar-refractivity contribution in [3.63, 3.8) is 0 Å². The van der Waals surface area contributed by atoms with Gasteiger partial charge >= 0.3 is 6.18 Å². The maximum absolute atomic E-state index is 12.9. The summed E-state index contributed by atoms with van der Waals surface area (Å²) < 4.78 is 38.6. The van der Waals surface area contributed by atoms with Crippen LogP contribution in [0.15, 0.2) is 24.3 Å². The van der Waals surface area contributed by atoms with E-state index in [4.69, 9.17) is 9.97 Å². The van der Waals surface area contributed by atoms with E-state index in [9.17, 15) is 18.0 Å². The number of fused-ring (bicyclic) bond motifs is 3. The maximum atomic E-state index is 12.9. The lowest BCUT2D eigenvalue weighted by molar-refractivity contribution is -0.137. The van der Waals surface area contributed by atoms with Gasteiger partial charge in [0.15, 0.2) is 0 Å². The Morgan fingerprint density at radius 3 is 2.49 bits per heavy atom. The van der Waals surface area contributed by atoms with E-state index in [1.165, 1.54) is 34.4 Å². The zero-order valence-electron chi connectivity index (χ0n) is 20.0. The molecule has 9 heteroatoms. The van der Waals surface area contributed by atoms with Crippen LogP contribution in [0, 0.1) is 5.92 Å². The van der Waals surface area contributed by atoms with Crippen LogP contribution in [0.2, 0.25) is 0 Å². The van der Waals surface area contributed by atoms with Gasteiger partial charge in [-0.2, -0.15) is 13.2 Å². The Balaban J connectivity index is 1.37. The summed E-state index contributed by atoms with van der Waals surface area (Å²) in [6, 6.07) is 4.47. The highest BCUT2D eigenvalue weighted by Gasteiger charge is 2.31. The molecule has 0 N–H and O–H groups in total. The van der Waals surface area contributed by atoms with Gasteiger partial charge in [0.05, 0.1) is 10.9 Å². The van der Waals surface area contributed by atoms with E-state index < -0.39 is 11.7 Å². The third kappa shape index (κ3) is 4.75. The van der Waals surface area contributed by atoms with Gasteiger partial charge in [-0.05, 0) is 61.4 Å². The van der Waals surface area contributed by atoms with E-state index in [1.807, 2.05) is 0 Å². The number of hydrogen-bond acceptors (Lipinski definition) is 5. The first-order valence-electron chi connectivity index (χ1n) is 12.3. The molecular weight excluding hydrogens is 473 g/mol. The average Bonchev–Trinajstić information content (AvgIpc) is 3.20. The smallest absolute Gasteiger partial charge is 0.352 e. The standard InChI is InChI=1S/C26H29F3N4OS/c1-3-4-21-30-23(22-19-10-5-16(2)15-20(19)35-24(22)31-21)32-11-13-33(14-12-32)25(34)17-6-8-18(9-7-17)26(27,28)29/h6-9,16H,3-5,10-15H2,1-2H3. The highest BCUT2D eigenvalue weighted by Crippen LogP contribution is 2.41. The van der Waals surface area contributed by atoms with Gasteiger partial charge in [0.2, 0.25) is 0 Å². The molecule has 0 spiro atoms. The van der Waals surface area contributed by atoms with Crippen molar-refractivity contribution in [2.75, 3.05) is 31.1 Å². The van der Waals surface area contributed by atoms with Crippen molar-refractivity contribution in [3.05, 3.63) is 51.7 Å². The highest BCUT2D eigenvalue weighted by molar-refractivity contribution is 7.19. The first-order valence-corrected chi connectivity index (χ1v) is 13.1. The van der Waals surface area contributed by atoms with Crippen molar-refractivity contribution < 1.29 is 18.0 Å². The van der Waals surface area contributed by atoms with Gasteiger partial charge in [-0.3, -0.25) is 4.79 Å². The first kappa shape index (κ1) is 24.0. The molecule has 3 aromatic rings. The highest BCUT2D eigenvalue weighted by atomic mass is 32.1. The van der Waals surface area contributed by atoms with Gasteiger partial charge in [-0.25, -0.2) is 9.97 Å². The third-order valence-corrected chi connectivity index (χ3v) is 8.13. The summed E-state index contributed by atoms with van der Waals surface area (Å²) in [6.45, 7) is 6.68. The number of rotatable bonds is 4. The topological polar surface area (TPSA) is 49.3 Å². The monoisotopic (exact) mass is 502 g/mol. The van der Waals surface area contributed by atoms with Crippen molar-refractivity contribution in [3.8, 4) is 0 Å². The fourth-order valence-corrected chi connectivity index (χ4v) is 6.43. The van der Waals surface area contributed by atoms with E-state index >= 15 is 0 Å². The summed E-state index contributed by atoms with van der Waals surface area (Å²) in [4.78, 5) is 29.3. The maximum Gasteiger partial charge on any atom is 0.416 e. The summed E-state index contributed by atoms with van der Waals surface area (Å²) in [7, 11) is 0. The van der Waals surface area contributed by atoms with Crippen LogP contribution < -0.4 is 4.90 Å². The first-order chi connectivity index (χ1) is 16.7. The third-order valence-electron chi connectivity index (χ3n) is 6.98. The number of thiophene rings is 1. The van der Waals surface area contributed by atoms with Gasteiger partial charge in [-0.15, -0.1) is 11.3 Å². The molecule has 1 atom stereocenters. The number of carbonyl (C=O) groups excluding carboxylic acids is 1. The molecule has 3 heterocycles. The Morgan fingerprint density at radius 2 is 1.83 bits per heavy atom. The number of halogens is 3. The Kier molecular flexibility index (Phi) is 6.46. The Morgan fingerprint density at radius 1 is 1.11 bits per heavy atom. The van der Waals surface area contributed by atoms with E-state index in [1.54, 1.807) is 16.2 Å². The predicted octanol–water partition coefficient (Wildman–Crippen LogP) is 5.75. The van der Waals surface area contributed by atoms with Gasteiger partial charge < -0.3 is 9.80 Å². The fraction of sp³-hybridized carbons (Fsp3) is 0.500. The number of aromatic nitrogens is 2. The molecule has 1 fully saturated rings. The molecule has 1 aliphatic heterocycles. The minimum atomic E-state index is -4.41. The van der Waals surface area contributed by atoms with E-state index in [0.717, 1.165) is 54.3 Å². The van der Waals surface area contributed by atoms with Gasteiger partial charge in [0.1, 0.15) is 16.5 Å². The Labute approximate surface area is 207 Å². The number of anilines is 1. The molecule has 5 nitrogen and oxygen atoms in total. The predicted molar refractivity (Wildman–Crippen MR) is 132 cm³/mol. The van der Waals surface area contributed by atoms with Crippen LogP contribution in [0.3, 0.4) is 0 Å². The lowest BCUT2D eigenvalue weighted by atomic mass is 9.89. The summed E-state index contributed by atoms with van der Waals surface area (Å²) in [5.41, 5.74) is 0.926. The molecule has 2 aliphatic rings. The summed E-state index contributed by atoms with van der Waals surface area (Å²) in [6.07, 6.45) is 0.702. The van der Waals surface area contributed by atoms with E-state index in [2.05, 4.69) is 18.7 Å². The largest absolute Gasteiger partial charge is 0.416 e. The van der Waals surface area contributed by atoms with E-state index in [-0.39, 0.29) is 11.5 Å². The van der Waals surface area contributed by atoms with Crippen molar-refractivity contribution in [1.29, 1.82) is 0 Å². The zero-order chi connectivity index (χ0) is 24.7. The van der Waals surface area contributed by atoms with Crippen LogP contribution >= 0.6 is 11.3 Å². The van der Waals surface area contributed by atoms with Gasteiger partial charge in [-0.1, -0.05) is 13.8 Å². The molecule has 1 unspecified atom stereocenters. The van der Waals surface area contributed by atoms with Crippen molar-refractivity contribution in [2.45, 2.75) is 52.1 Å². The van der Waals surface area contributed by atoms with Crippen LogP contribution in [0.25, 0.3) is 10.2 Å². The van der Waals surface area contributed by atoms with Gasteiger partial charge in [0.25, 0.3) is 5.91 Å². The van der Waals surface area contributed by atoms with E-state index in [0.29, 0.717) is 32.1 Å². The quantitative estimate of drug-likeness (QED) is 0.456. The molecule has 0 saturated carbocycles. The summed E-state index contributed by atoms with van der Waals surface area (Å²) in [5, 5.41) is 1.18. The molecular formula is C26H29F3N4OS. The molecule has 0 bridgehead atoms. The molecule has 5 rings (SSSR count). The van der Waals surface area contributed by atoms with Gasteiger partial charge in [0, 0.05) is 43.0 Å². The molecule has 1 saturated heterocycles. The van der Waals surface area contributed by atoms with Crippen molar-refractivity contribution >= 4 is 33.3 Å². The molecule has 35 heavy (non-hydrogen) atoms. The van der Waals surface area contributed by atoms with Crippen LogP contribution in [-0.4, -0.2) is 47.0 Å². The molecule has 0 radical (unpaired) electrons. The lowest BCUT2D eigenvalue weighted by Crippen LogP contribution is -2.49. The normalized spacial score (nSPS) is 18.7. The number of aryl methyl sites for hydroxylation is 2. The molecule has 1 aromatic carbocycles. The Bertz CT molecular complexity index is 1230. The average molecular weight is 503 g/mol.